The Hall–Kier alpha value is -5.70. The van der Waals surface area contributed by atoms with Crippen LogP contribution in [0.2, 0.25) is 10.0 Å². The number of pyridine rings is 1. The van der Waals surface area contributed by atoms with Crippen molar-refractivity contribution in [2.45, 2.75) is 24.7 Å². The van der Waals surface area contributed by atoms with Gasteiger partial charge in [-0.25, -0.2) is 0 Å². The van der Waals surface area contributed by atoms with Crippen molar-refractivity contribution in [1.29, 1.82) is 0 Å². The van der Waals surface area contributed by atoms with Crippen LogP contribution in [0.1, 0.15) is 29.7 Å². The van der Waals surface area contributed by atoms with Gasteiger partial charge in [-0.2, -0.15) is 0 Å². The molecule has 4 aliphatic carbocycles. The molecule has 1 saturated heterocycles. The van der Waals surface area contributed by atoms with E-state index in [0.29, 0.717) is 11.6 Å². The highest BCUT2D eigenvalue weighted by atomic mass is 35.5. The van der Waals surface area contributed by atoms with Gasteiger partial charge in [0, 0.05) is 60.4 Å². The molecule has 1 spiro atoms. The average Bonchev–Trinajstić information content (AvgIpc) is 3.68. The number of hydrogen-bond donors (Lipinski definition) is 4. The minimum atomic E-state index is -2.07. The van der Waals surface area contributed by atoms with E-state index in [1.165, 1.54) is 12.3 Å². The number of anilines is 1. The third kappa shape index (κ3) is 5.49. The second-order valence-electron chi connectivity index (χ2n) is 13.8. The number of piperazine rings is 1. The van der Waals surface area contributed by atoms with Gasteiger partial charge < -0.3 is 34.8 Å². The van der Waals surface area contributed by atoms with Crippen LogP contribution in [0.4, 0.5) is 5.69 Å². The number of aromatic nitrogens is 1. The number of phenolic OH excluding ortho intramolecular Hbond substituents is 1. The quantitative estimate of drug-likeness (QED) is 0.100. The van der Waals surface area contributed by atoms with Crippen molar-refractivity contribution in [2.75, 3.05) is 51.3 Å². The van der Waals surface area contributed by atoms with E-state index in [9.17, 15) is 39.3 Å². The van der Waals surface area contributed by atoms with Gasteiger partial charge in [0.15, 0.2) is 11.2 Å². The van der Waals surface area contributed by atoms with Crippen molar-refractivity contribution in [3.63, 3.8) is 0 Å². The fourth-order valence-electron chi connectivity index (χ4n) is 8.28. The Kier molecular flexibility index (Phi) is 8.94. The molecule has 1 fully saturated rings. The number of methoxy groups -OCH3 is 1. The predicted molar refractivity (Wildman–Crippen MR) is 207 cm³/mol. The van der Waals surface area contributed by atoms with Crippen molar-refractivity contribution in [2.24, 2.45) is 5.16 Å². The van der Waals surface area contributed by atoms with Crippen LogP contribution >= 0.6 is 23.2 Å². The number of aliphatic hydroxyl groups excluding tert-OH is 2. The second kappa shape index (κ2) is 13.6. The summed E-state index contributed by atoms with van der Waals surface area (Å²) in [6.45, 7) is 4.69. The molecule has 1 atom stereocenters. The lowest BCUT2D eigenvalue weighted by atomic mass is 9.78. The highest BCUT2D eigenvalue weighted by Gasteiger charge is 2.53. The van der Waals surface area contributed by atoms with Crippen molar-refractivity contribution in [1.82, 2.24) is 9.88 Å². The Morgan fingerprint density at radius 2 is 1.62 bits per heavy atom. The zero-order chi connectivity index (χ0) is 38.9. The van der Waals surface area contributed by atoms with Crippen LogP contribution in [0, 0.1) is 10.4 Å². The first-order valence-corrected chi connectivity index (χ1v) is 18.2. The van der Waals surface area contributed by atoms with Gasteiger partial charge >= 0.3 is 0 Å². The summed E-state index contributed by atoms with van der Waals surface area (Å²) in [5.74, 6) is -2.75. The average molecular weight is 788 g/mol. The fourth-order valence-corrected chi connectivity index (χ4v) is 8.81. The van der Waals surface area contributed by atoms with E-state index in [2.05, 4.69) is 19.9 Å². The maximum Gasteiger partial charge on any atom is 0.260 e. The molecular formula is C39H32Cl2N4O10. The number of hydrogen-bond acceptors (Lipinski definition) is 13. The molecule has 0 radical (unpaired) electrons. The summed E-state index contributed by atoms with van der Waals surface area (Å²) in [6.07, 6.45) is 1.88. The number of fused-ring (bicyclic) bond motifs is 4. The molecule has 0 unspecified atom stereocenters. The van der Waals surface area contributed by atoms with E-state index in [0.717, 1.165) is 58.0 Å². The molecule has 1 aliphatic heterocycles. The molecule has 55 heavy (non-hydrogen) atoms. The Bertz CT molecular complexity index is 2970. The molecule has 2 heterocycles. The summed E-state index contributed by atoms with van der Waals surface area (Å²) in [7, 11) is 1.11. The predicted octanol–water partition coefficient (Wildman–Crippen LogP) is 1.38. The summed E-state index contributed by atoms with van der Waals surface area (Å²) < 4.78 is 4.92. The first-order chi connectivity index (χ1) is 26.4. The topological polar surface area (TPSA) is 199 Å². The van der Waals surface area contributed by atoms with Gasteiger partial charge in [0.2, 0.25) is 16.3 Å². The van der Waals surface area contributed by atoms with Crippen LogP contribution in [0.25, 0.3) is 22.3 Å². The Morgan fingerprint density at radius 1 is 0.909 bits per heavy atom. The van der Waals surface area contributed by atoms with E-state index in [1.54, 1.807) is 0 Å². The third-order valence-electron chi connectivity index (χ3n) is 10.9. The van der Waals surface area contributed by atoms with Gasteiger partial charge in [-0.15, -0.1) is 0 Å². The van der Waals surface area contributed by atoms with Gasteiger partial charge in [0.05, 0.1) is 50.3 Å². The lowest BCUT2D eigenvalue weighted by Gasteiger charge is -2.36. The molecule has 14 nitrogen and oxygen atoms in total. The highest BCUT2D eigenvalue weighted by Crippen LogP contribution is 2.56. The number of H-pyrrole nitrogens is 1. The van der Waals surface area contributed by atoms with Crippen LogP contribution < -0.4 is 47.3 Å². The van der Waals surface area contributed by atoms with Gasteiger partial charge in [0.25, 0.3) is 5.56 Å². The number of aromatic hydroxyl groups is 1. The van der Waals surface area contributed by atoms with E-state index in [1.807, 2.05) is 24.3 Å². The zero-order valence-electron chi connectivity index (χ0n) is 29.2. The largest absolute Gasteiger partial charge is 0.510 e. The van der Waals surface area contributed by atoms with Crippen LogP contribution in [0.3, 0.4) is 0 Å². The second-order valence-corrected chi connectivity index (χ2v) is 14.6. The first-order valence-electron chi connectivity index (χ1n) is 17.4. The number of halogens is 2. The fraction of sp³-hybridized carbons (Fsp3) is 0.282. The summed E-state index contributed by atoms with van der Waals surface area (Å²) in [5, 5.41) is 36.8. The molecule has 0 saturated carbocycles. The van der Waals surface area contributed by atoms with Crippen molar-refractivity contribution in [3.8, 4) is 11.5 Å². The van der Waals surface area contributed by atoms with Gasteiger partial charge in [-0.1, -0.05) is 34.4 Å². The van der Waals surface area contributed by atoms with E-state index in [-0.39, 0.29) is 45.5 Å². The lowest BCUT2D eigenvalue weighted by molar-refractivity contribution is 0.128. The standard InChI is InChI=1S/C39H32Cl2N4O10/c1-54-24-16-23(46)26-27(32(24)47)34(49)29-28(33(26)48)36(51)39(37(29)52)7-6-21-30(39)35(50)25-22(31(21)41)15-19(43-38(25)53)17-42-55-13-3-8-44-9-11-45(12-10-44)20-5-2-4-18(40)14-20/h2,4-5,14-17,50-52H,3,6-13H2,1H3,(H,43,53)/t39-/m0/s1. The van der Waals surface area contributed by atoms with Crippen LogP contribution in [-0.2, 0) is 16.7 Å². The smallest absolute Gasteiger partial charge is 0.260 e. The number of aromatic amines is 1. The molecule has 2 aromatic carbocycles. The van der Waals surface area contributed by atoms with E-state index >= 15 is 0 Å². The maximum atomic E-state index is 13.7. The Balaban J connectivity index is 1.06. The monoisotopic (exact) mass is 786 g/mol. The number of aliphatic hydroxyl groups is 2. The maximum absolute atomic E-state index is 13.7. The molecule has 0 bridgehead atoms. The number of nitrogens with one attached hydrogen (secondary N) is 1. The van der Waals surface area contributed by atoms with Crippen molar-refractivity contribution >= 4 is 57.4 Å². The summed E-state index contributed by atoms with van der Waals surface area (Å²) in [5.41, 5.74) is -5.79. The Labute approximate surface area is 319 Å². The summed E-state index contributed by atoms with van der Waals surface area (Å²) in [6, 6.07) is 10.1. The van der Waals surface area contributed by atoms with Crippen LogP contribution in [0.15, 0.2) is 65.5 Å². The minimum absolute atomic E-state index is 0.0247. The molecule has 16 heteroatoms. The zero-order valence-corrected chi connectivity index (χ0v) is 30.7. The normalized spacial score (nSPS) is 18.3. The van der Waals surface area contributed by atoms with E-state index < -0.39 is 76.6 Å². The summed E-state index contributed by atoms with van der Waals surface area (Å²) in [4.78, 5) is 79.6. The first kappa shape index (κ1) is 36.3. The number of oxime groups is 1. The molecule has 3 aromatic rings. The summed E-state index contributed by atoms with van der Waals surface area (Å²) >= 11 is 13.0. The SMILES string of the molecule is COc1cc(=O)c2c(=O)c3c(c(=O)c=2c1=O)=C(O)[C@]1(CCc2c1c(O)c1c(=O)[nH]c(C=NOCCCN4CCN(c5cccc(Cl)c5)CC4)cc1c2Cl)C=3O. The van der Waals surface area contributed by atoms with E-state index in [4.69, 9.17) is 32.8 Å². The van der Waals surface area contributed by atoms with Gasteiger partial charge in [-0.05, 0) is 49.1 Å². The number of nitrogens with zero attached hydrogens (tertiary/aromatic N) is 3. The molecule has 1 aromatic heterocycles. The molecular weight excluding hydrogens is 755 g/mol. The number of benzene rings is 2. The number of rotatable bonds is 8. The molecule has 0 amide bonds. The highest BCUT2D eigenvalue weighted by molar-refractivity contribution is 6.37. The molecule has 282 valence electrons. The molecule has 4 N–H and O–H groups in total. The van der Waals surface area contributed by atoms with Gasteiger partial charge in [0.1, 0.15) is 29.3 Å². The number of ether oxygens (including phenoxy) is 1. The van der Waals surface area contributed by atoms with Crippen LogP contribution in [-0.4, -0.2) is 77.9 Å². The van der Waals surface area contributed by atoms with Crippen molar-refractivity contribution in [3.05, 3.63) is 135 Å². The Morgan fingerprint density at radius 3 is 2.31 bits per heavy atom. The lowest BCUT2D eigenvalue weighted by Crippen LogP contribution is -2.51. The molecule has 8 rings (SSSR count). The van der Waals surface area contributed by atoms with Crippen molar-refractivity contribution < 1.29 is 24.9 Å². The number of phenols is 1. The molecule has 5 aliphatic rings. The third-order valence-corrected chi connectivity index (χ3v) is 11.6. The van der Waals surface area contributed by atoms with Crippen LogP contribution in [0.5, 0.6) is 11.5 Å². The minimum Gasteiger partial charge on any atom is -0.510 e. The van der Waals surface area contributed by atoms with Gasteiger partial charge in [-0.3, -0.25) is 28.9 Å².